The summed E-state index contributed by atoms with van der Waals surface area (Å²) >= 11 is 0. The number of rotatable bonds is 12. The predicted octanol–water partition coefficient (Wildman–Crippen LogP) is 4.43. The first-order valence-electron chi connectivity index (χ1n) is 11.5. The van der Waals surface area contributed by atoms with Crippen LogP contribution >= 0.6 is 0 Å². The number of esters is 3. The Kier molecular flexibility index (Phi) is 10.2. The molecular weight excluding hydrogens is 490 g/mol. The molecule has 0 atom stereocenters. The summed E-state index contributed by atoms with van der Waals surface area (Å²) in [5.41, 5.74) is 1.68. The summed E-state index contributed by atoms with van der Waals surface area (Å²) in [6.07, 6.45) is 1.08. The predicted molar refractivity (Wildman–Crippen MR) is 136 cm³/mol. The van der Waals surface area contributed by atoms with E-state index in [4.69, 9.17) is 28.9 Å². The van der Waals surface area contributed by atoms with E-state index in [2.05, 4.69) is 6.58 Å². The first kappa shape index (κ1) is 27.6. The Morgan fingerprint density at radius 1 is 0.816 bits per heavy atom. The van der Waals surface area contributed by atoms with E-state index in [9.17, 15) is 14.4 Å². The van der Waals surface area contributed by atoms with Crippen LogP contribution in [0.1, 0.15) is 31.8 Å². The second kappa shape index (κ2) is 14.0. The van der Waals surface area contributed by atoms with Crippen LogP contribution in [0.5, 0.6) is 17.2 Å². The first-order valence-corrected chi connectivity index (χ1v) is 11.5. The Morgan fingerprint density at radius 2 is 1.42 bits per heavy atom. The third kappa shape index (κ3) is 8.33. The number of nitriles is 1. The summed E-state index contributed by atoms with van der Waals surface area (Å²) in [7, 11) is 0. The van der Waals surface area contributed by atoms with E-state index in [-0.39, 0.29) is 19.8 Å². The van der Waals surface area contributed by atoms with Gasteiger partial charge in [0.15, 0.2) is 0 Å². The molecule has 9 heteroatoms. The molecule has 0 aliphatic rings. The van der Waals surface area contributed by atoms with E-state index in [1.165, 1.54) is 30.3 Å². The topological polar surface area (TPSA) is 121 Å². The summed E-state index contributed by atoms with van der Waals surface area (Å²) in [4.78, 5) is 35.8. The molecule has 0 radical (unpaired) electrons. The van der Waals surface area contributed by atoms with Gasteiger partial charge in [-0.1, -0.05) is 6.58 Å². The van der Waals surface area contributed by atoms with Gasteiger partial charge in [-0.25, -0.2) is 14.4 Å². The minimum Gasteiger partial charge on any atom is -0.491 e. The van der Waals surface area contributed by atoms with Crippen LogP contribution in [0, 0.1) is 18.3 Å². The lowest BCUT2D eigenvalue weighted by Gasteiger charge is -2.11. The molecule has 0 unspecified atom stereocenters. The minimum atomic E-state index is -0.568. The van der Waals surface area contributed by atoms with Gasteiger partial charge in [-0.3, -0.25) is 0 Å². The Hall–Kier alpha value is -4.94. The maximum atomic E-state index is 12.6. The lowest BCUT2D eigenvalue weighted by Crippen LogP contribution is -2.13. The van der Waals surface area contributed by atoms with Gasteiger partial charge in [0, 0.05) is 6.08 Å². The second-order valence-corrected chi connectivity index (χ2v) is 7.75. The van der Waals surface area contributed by atoms with E-state index < -0.39 is 17.9 Å². The van der Waals surface area contributed by atoms with Crippen molar-refractivity contribution in [1.82, 2.24) is 0 Å². The number of nitrogens with zero attached hydrogens (tertiary/aromatic N) is 1. The van der Waals surface area contributed by atoms with E-state index in [0.717, 1.165) is 6.08 Å². The molecule has 0 aliphatic heterocycles. The van der Waals surface area contributed by atoms with Gasteiger partial charge in [-0.2, -0.15) is 5.26 Å². The van der Waals surface area contributed by atoms with Crippen molar-refractivity contribution in [2.24, 2.45) is 0 Å². The first-order chi connectivity index (χ1) is 18.4. The van der Waals surface area contributed by atoms with Crippen molar-refractivity contribution in [3.63, 3.8) is 0 Å². The van der Waals surface area contributed by atoms with Gasteiger partial charge < -0.3 is 23.7 Å². The van der Waals surface area contributed by atoms with Crippen LogP contribution < -0.4 is 14.2 Å². The zero-order chi connectivity index (χ0) is 27.3. The molecular formula is C29H25NO8. The van der Waals surface area contributed by atoms with Crippen molar-refractivity contribution in [2.75, 3.05) is 26.4 Å². The molecule has 3 rings (SSSR count). The number of carbonyl (C=O) groups excluding carboxylic acids is 3. The highest BCUT2D eigenvalue weighted by Gasteiger charge is 2.13. The van der Waals surface area contributed by atoms with Crippen molar-refractivity contribution in [2.45, 2.75) is 6.92 Å². The molecule has 38 heavy (non-hydrogen) atoms. The zero-order valence-electron chi connectivity index (χ0n) is 20.7. The summed E-state index contributed by atoms with van der Waals surface area (Å²) in [5.74, 6) is -0.463. The smallest absolute Gasteiger partial charge is 0.343 e. The van der Waals surface area contributed by atoms with Crippen LogP contribution in [0.3, 0.4) is 0 Å². The Labute approximate surface area is 219 Å². The molecule has 0 bridgehead atoms. The van der Waals surface area contributed by atoms with Gasteiger partial charge in [0.2, 0.25) is 0 Å². The maximum absolute atomic E-state index is 12.6. The molecule has 0 fully saturated rings. The van der Waals surface area contributed by atoms with Crippen molar-refractivity contribution >= 4 is 17.9 Å². The highest BCUT2D eigenvalue weighted by atomic mass is 16.6. The van der Waals surface area contributed by atoms with Crippen molar-refractivity contribution < 1.29 is 38.1 Å². The van der Waals surface area contributed by atoms with Crippen LogP contribution in [0.15, 0.2) is 79.4 Å². The van der Waals surface area contributed by atoms with Crippen LogP contribution in [-0.4, -0.2) is 44.3 Å². The molecule has 0 saturated carbocycles. The number of aryl methyl sites for hydroxylation is 1. The molecule has 0 aliphatic carbocycles. The molecule has 3 aromatic rings. The average molecular weight is 516 g/mol. The van der Waals surface area contributed by atoms with Crippen molar-refractivity contribution in [1.29, 1.82) is 5.26 Å². The average Bonchev–Trinajstić information content (AvgIpc) is 2.94. The standard InChI is InChI=1S/C29H25NO8/c1-3-27(31)36-17-15-34-14-16-35-24-10-8-23(9-11-24)29(33)38-26-13-12-25(18-20(26)2)37-28(32)22-6-4-21(19-30)5-7-22/h3-13,18H,1,14-17H2,2H3. The molecule has 0 amide bonds. The molecule has 0 saturated heterocycles. The maximum Gasteiger partial charge on any atom is 0.343 e. The summed E-state index contributed by atoms with van der Waals surface area (Å²) in [5, 5.41) is 8.86. The lowest BCUT2D eigenvalue weighted by molar-refractivity contribution is -0.139. The van der Waals surface area contributed by atoms with E-state index in [1.54, 1.807) is 43.3 Å². The highest BCUT2D eigenvalue weighted by Crippen LogP contribution is 2.25. The number of ether oxygens (including phenoxy) is 5. The number of carbonyl (C=O) groups is 3. The van der Waals surface area contributed by atoms with E-state index in [1.807, 2.05) is 6.07 Å². The third-order valence-electron chi connectivity index (χ3n) is 5.03. The normalized spacial score (nSPS) is 10.1. The molecule has 9 nitrogen and oxygen atoms in total. The third-order valence-corrected chi connectivity index (χ3v) is 5.03. The van der Waals surface area contributed by atoms with E-state index in [0.29, 0.717) is 46.1 Å². The fourth-order valence-electron chi connectivity index (χ4n) is 3.07. The fourth-order valence-corrected chi connectivity index (χ4v) is 3.07. The Balaban J connectivity index is 1.46. The second-order valence-electron chi connectivity index (χ2n) is 7.75. The van der Waals surface area contributed by atoms with Gasteiger partial charge in [-0.15, -0.1) is 0 Å². The molecule has 0 aromatic heterocycles. The number of hydrogen-bond donors (Lipinski definition) is 0. The molecule has 0 spiro atoms. The zero-order valence-corrected chi connectivity index (χ0v) is 20.7. The van der Waals surface area contributed by atoms with Crippen LogP contribution in [-0.2, 0) is 14.3 Å². The summed E-state index contributed by atoms with van der Waals surface area (Å²) < 4.78 is 26.5. The van der Waals surface area contributed by atoms with E-state index >= 15 is 0 Å². The van der Waals surface area contributed by atoms with Crippen LogP contribution in [0.2, 0.25) is 0 Å². The highest BCUT2D eigenvalue weighted by molar-refractivity contribution is 5.92. The Bertz CT molecular complexity index is 1320. The number of hydrogen-bond acceptors (Lipinski definition) is 9. The van der Waals surface area contributed by atoms with Crippen LogP contribution in [0.4, 0.5) is 0 Å². The van der Waals surface area contributed by atoms with Crippen LogP contribution in [0.25, 0.3) is 0 Å². The minimum absolute atomic E-state index is 0.133. The number of benzene rings is 3. The molecule has 3 aromatic carbocycles. The molecule has 0 heterocycles. The van der Waals surface area contributed by atoms with Gasteiger partial charge in [-0.05, 0) is 79.2 Å². The fraction of sp³-hybridized carbons (Fsp3) is 0.172. The Morgan fingerprint density at radius 3 is 2.05 bits per heavy atom. The quantitative estimate of drug-likeness (QED) is 0.149. The van der Waals surface area contributed by atoms with Crippen molar-refractivity contribution in [3.8, 4) is 23.3 Å². The van der Waals surface area contributed by atoms with Gasteiger partial charge in [0.1, 0.15) is 30.5 Å². The van der Waals surface area contributed by atoms with Gasteiger partial charge in [0.05, 0.1) is 36.0 Å². The SMILES string of the molecule is C=CC(=O)OCCOCCOc1ccc(C(=O)Oc2ccc(OC(=O)c3ccc(C#N)cc3)cc2C)cc1. The monoisotopic (exact) mass is 515 g/mol. The molecule has 194 valence electrons. The lowest BCUT2D eigenvalue weighted by atomic mass is 10.1. The summed E-state index contributed by atoms with van der Waals surface area (Å²) in [6.45, 7) is 5.98. The van der Waals surface area contributed by atoms with Crippen molar-refractivity contribution in [3.05, 3.63) is 102 Å². The summed E-state index contributed by atoms with van der Waals surface area (Å²) in [6, 6.07) is 19.2. The largest absolute Gasteiger partial charge is 0.491 e. The van der Waals surface area contributed by atoms with Gasteiger partial charge in [0.25, 0.3) is 0 Å². The van der Waals surface area contributed by atoms with Gasteiger partial charge >= 0.3 is 17.9 Å². The molecule has 0 N–H and O–H groups in total.